The molecule has 0 spiro atoms. The number of benzene rings is 1. The number of likely N-dealkylation sites (N-methyl/N-ethyl adjacent to an activating group) is 2. The Morgan fingerprint density at radius 3 is 2.62 bits per heavy atom. The smallest absolute Gasteiger partial charge is 0.153 e. The van der Waals surface area contributed by atoms with Gasteiger partial charge < -0.3 is 15.1 Å². The lowest BCUT2D eigenvalue weighted by atomic mass is 9.95. The molecule has 2 aliphatic heterocycles. The van der Waals surface area contributed by atoms with Gasteiger partial charge in [0.05, 0.1) is 5.69 Å². The summed E-state index contributed by atoms with van der Waals surface area (Å²) in [6.45, 7) is 4.20. The summed E-state index contributed by atoms with van der Waals surface area (Å²) >= 11 is 6.05. The van der Waals surface area contributed by atoms with E-state index in [1.165, 1.54) is 30.5 Å². The minimum atomic E-state index is 0.445. The van der Waals surface area contributed by atoms with Gasteiger partial charge in [0, 0.05) is 41.8 Å². The van der Waals surface area contributed by atoms with Gasteiger partial charge >= 0.3 is 0 Å². The Morgan fingerprint density at radius 1 is 1.04 bits per heavy atom. The second-order valence-corrected chi connectivity index (χ2v) is 8.03. The number of nitrogens with zero attached hydrogens (tertiary/aromatic N) is 4. The van der Waals surface area contributed by atoms with E-state index in [1.54, 1.807) is 0 Å². The van der Waals surface area contributed by atoms with Crippen molar-refractivity contribution in [3.05, 3.63) is 40.4 Å². The maximum Gasteiger partial charge on any atom is 0.153 e. The molecule has 1 atom stereocenters. The van der Waals surface area contributed by atoms with Crippen molar-refractivity contribution >= 4 is 17.4 Å². The lowest BCUT2D eigenvalue weighted by molar-refractivity contribution is 0.260. The number of aromatic nitrogens is 2. The number of likely N-dealkylation sites (tertiary alicyclic amines) is 1. The first-order valence-corrected chi connectivity index (χ1v) is 9.76. The van der Waals surface area contributed by atoms with Gasteiger partial charge in [-0.05, 0) is 57.6 Å². The first-order chi connectivity index (χ1) is 12.6. The van der Waals surface area contributed by atoms with E-state index in [0.717, 1.165) is 48.2 Å². The zero-order chi connectivity index (χ0) is 18.1. The first-order valence-electron chi connectivity index (χ1n) is 9.38. The van der Waals surface area contributed by atoms with E-state index >= 15 is 0 Å². The summed E-state index contributed by atoms with van der Waals surface area (Å²) in [4.78, 5) is 4.74. The number of anilines is 1. The van der Waals surface area contributed by atoms with Crippen LogP contribution in [0.4, 0.5) is 5.82 Å². The van der Waals surface area contributed by atoms with Gasteiger partial charge in [-0.3, -0.25) is 0 Å². The Hall–Kier alpha value is -1.69. The molecule has 0 bridgehead atoms. The highest BCUT2D eigenvalue weighted by Crippen LogP contribution is 2.32. The SMILES string of the molecule is CN1CCc2c(-c3ccc(Cl)cc3)nnc(NC3CCCN(C)C3)c2C1. The molecular formula is C20H26ClN5. The fraction of sp³-hybridized carbons (Fsp3) is 0.500. The lowest BCUT2D eigenvalue weighted by Crippen LogP contribution is -2.40. The minimum absolute atomic E-state index is 0.445. The molecule has 1 fully saturated rings. The van der Waals surface area contributed by atoms with E-state index in [9.17, 15) is 0 Å². The summed E-state index contributed by atoms with van der Waals surface area (Å²) in [6.07, 6.45) is 3.42. The molecule has 2 aromatic rings. The lowest BCUT2D eigenvalue weighted by Gasteiger charge is -2.33. The molecule has 1 unspecified atom stereocenters. The van der Waals surface area contributed by atoms with E-state index < -0.39 is 0 Å². The maximum atomic E-state index is 6.05. The molecule has 1 aromatic carbocycles. The van der Waals surface area contributed by atoms with E-state index in [4.69, 9.17) is 11.6 Å². The number of fused-ring (bicyclic) bond motifs is 1. The largest absolute Gasteiger partial charge is 0.364 e. The van der Waals surface area contributed by atoms with Crippen molar-refractivity contribution in [1.82, 2.24) is 20.0 Å². The topological polar surface area (TPSA) is 44.3 Å². The highest BCUT2D eigenvalue weighted by Gasteiger charge is 2.25. The molecular weight excluding hydrogens is 346 g/mol. The molecule has 1 aromatic heterocycles. The molecule has 0 saturated carbocycles. The summed E-state index contributed by atoms with van der Waals surface area (Å²) in [5, 5.41) is 13.6. The summed E-state index contributed by atoms with van der Waals surface area (Å²) < 4.78 is 0. The fourth-order valence-corrected chi connectivity index (χ4v) is 4.16. The Bertz CT molecular complexity index is 777. The van der Waals surface area contributed by atoms with Crippen LogP contribution in [0.2, 0.25) is 5.02 Å². The van der Waals surface area contributed by atoms with Gasteiger partial charge in [-0.2, -0.15) is 0 Å². The van der Waals surface area contributed by atoms with E-state index in [-0.39, 0.29) is 0 Å². The van der Waals surface area contributed by atoms with Gasteiger partial charge in [-0.15, -0.1) is 10.2 Å². The van der Waals surface area contributed by atoms with E-state index in [0.29, 0.717) is 6.04 Å². The minimum Gasteiger partial charge on any atom is -0.364 e. The zero-order valence-electron chi connectivity index (χ0n) is 15.5. The average molecular weight is 372 g/mol. The van der Waals surface area contributed by atoms with Crippen LogP contribution in [-0.4, -0.2) is 59.8 Å². The van der Waals surface area contributed by atoms with Crippen LogP contribution in [-0.2, 0) is 13.0 Å². The molecule has 5 nitrogen and oxygen atoms in total. The molecule has 4 rings (SSSR count). The van der Waals surface area contributed by atoms with Crippen LogP contribution in [0.3, 0.4) is 0 Å². The van der Waals surface area contributed by atoms with Gasteiger partial charge in [-0.1, -0.05) is 23.7 Å². The molecule has 2 aliphatic rings. The zero-order valence-corrected chi connectivity index (χ0v) is 16.3. The normalized spacial score (nSPS) is 21.4. The molecule has 0 amide bonds. The summed E-state index contributed by atoms with van der Waals surface area (Å²) in [6, 6.07) is 8.36. The van der Waals surface area contributed by atoms with Gasteiger partial charge in [0.1, 0.15) is 0 Å². The number of piperidine rings is 1. The molecule has 138 valence electrons. The summed E-state index contributed by atoms with van der Waals surface area (Å²) in [5.41, 5.74) is 4.71. The van der Waals surface area contributed by atoms with Crippen LogP contribution in [0.5, 0.6) is 0 Å². The van der Waals surface area contributed by atoms with Crippen molar-refractivity contribution in [3.63, 3.8) is 0 Å². The van der Waals surface area contributed by atoms with Gasteiger partial charge in [0.15, 0.2) is 5.82 Å². The van der Waals surface area contributed by atoms with Crippen LogP contribution in [0, 0.1) is 0 Å². The Morgan fingerprint density at radius 2 is 1.85 bits per heavy atom. The van der Waals surface area contributed by atoms with Crippen LogP contribution in [0.25, 0.3) is 11.3 Å². The number of rotatable bonds is 3. The number of halogens is 1. The summed E-state index contributed by atoms with van der Waals surface area (Å²) in [7, 11) is 4.36. The standard InChI is InChI=1S/C20H26ClN5/c1-25-10-3-4-16(12-25)22-20-18-13-26(2)11-9-17(18)19(23-24-20)14-5-7-15(21)8-6-14/h5-8,16H,3-4,9-13H2,1-2H3,(H,22,24). The van der Waals surface area contributed by atoms with E-state index in [1.807, 2.05) is 24.3 Å². The second kappa shape index (κ2) is 7.51. The molecule has 0 radical (unpaired) electrons. The molecule has 3 heterocycles. The highest BCUT2D eigenvalue weighted by atomic mass is 35.5. The third kappa shape index (κ3) is 3.70. The Labute approximate surface area is 160 Å². The number of nitrogens with one attached hydrogen (secondary N) is 1. The number of hydrogen-bond acceptors (Lipinski definition) is 5. The second-order valence-electron chi connectivity index (χ2n) is 7.59. The molecule has 26 heavy (non-hydrogen) atoms. The van der Waals surface area contributed by atoms with Crippen molar-refractivity contribution in [3.8, 4) is 11.3 Å². The number of hydrogen-bond donors (Lipinski definition) is 1. The van der Waals surface area contributed by atoms with Crippen molar-refractivity contribution in [2.45, 2.75) is 31.8 Å². The summed E-state index contributed by atoms with van der Waals surface area (Å²) in [5.74, 6) is 0.963. The maximum absolute atomic E-state index is 6.05. The van der Waals surface area contributed by atoms with Crippen molar-refractivity contribution in [1.29, 1.82) is 0 Å². The van der Waals surface area contributed by atoms with Crippen LogP contribution in [0.15, 0.2) is 24.3 Å². The van der Waals surface area contributed by atoms with E-state index in [2.05, 4.69) is 39.4 Å². The molecule has 1 saturated heterocycles. The first kappa shape index (κ1) is 17.7. The molecule has 6 heteroatoms. The molecule has 0 aliphatic carbocycles. The van der Waals surface area contributed by atoms with Gasteiger partial charge in [0.2, 0.25) is 0 Å². The van der Waals surface area contributed by atoms with Gasteiger partial charge in [0.25, 0.3) is 0 Å². The van der Waals surface area contributed by atoms with Crippen LogP contribution in [0.1, 0.15) is 24.0 Å². The third-order valence-corrected chi connectivity index (χ3v) is 5.69. The van der Waals surface area contributed by atoms with Gasteiger partial charge in [-0.25, -0.2) is 0 Å². The highest BCUT2D eigenvalue weighted by molar-refractivity contribution is 6.30. The van der Waals surface area contributed by atoms with Crippen LogP contribution < -0.4 is 5.32 Å². The molecule has 1 N–H and O–H groups in total. The Kier molecular flexibility index (Phi) is 5.11. The quantitative estimate of drug-likeness (QED) is 0.896. The predicted molar refractivity (Wildman–Crippen MR) is 107 cm³/mol. The Balaban J connectivity index is 1.68. The fourth-order valence-electron chi connectivity index (χ4n) is 4.03. The predicted octanol–water partition coefficient (Wildman–Crippen LogP) is 3.29. The third-order valence-electron chi connectivity index (χ3n) is 5.44. The van der Waals surface area contributed by atoms with Crippen LogP contribution >= 0.6 is 11.6 Å². The average Bonchev–Trinajstić information content (AvgIpc) is 2.63. The van der Waals surface area contributed by atoms with Crippen molar-refractivity contribution < 1.29 is 0 Å². The van der Waals surface area contributed by atoms with Crippen molar-refractivity contribution in [2.75, 3.05) is 39.0 Å². The monoisotopic (exact) mass is 371 g/mol. The van der Waals surface area contributed by atoms with Crippen molar-refractivity contribution in [2.24, 2.45) is 0 Å².